The Kier molecular flexibility index (Phi) is 4.40. The van der Waals surface area contributed by atoms with Crippen molar-refractivity contribution in [2.75, 3.05) is 0 Å². The molecule has 0 saturated heterocycles. The Morgan fingerprint density at radius 2 is 2.00 bits per heavy atom. The summed E-state index contributed by atoms with van der Waals surface area (Å²) in [5.74, 6) is 0. The first-order valence-corrected chi connectivity index (χ1v) is 8.95. The topological polar surface area (TPSA) is 76.4 Å². The van der Waals surface area contributed by atoms with E-state index in [2.05, 4.69) is 14.7 Å². The van der Waals surface area contributed by atoms with Crippen LogP contribution >= 0.6 is 0 Å². The summed E-state index contributed by atoms with van der Waals surface area (Å²) in [7, 11) is -3.70. The molecule has 3 aromatic heterocycles. The molecule has 0 amide bonds. The SMILES string of the molecule is CCCC(NS(=O)(=O)c1cnc2ccccn12)c1ccccn1. The first-order chi connectivity index (χ1) is 11.1. The Bertz CT molecular complexity index is 891. The normalized spacial score (nSPS) is 13.3. The molecule has 6 nitrogen and oxygen atoms in total. The van der Waals surface area contributed by atoms with Crippen LogP contribution in [0.15, 0.2) is 60.0 Å². The molecule has 0 fully saturated rings. The van der Waals surface area contributed by atoms with Gasteiger partial charge >= 0.3 is 0 Å². The van der Waals surface area contributed by atoms with Gasteiger partial charge in [-0.25, -0.2) is 18.1 Å². The standard InChI is InChI=1S/C16H18N4O2S/c1-2-7-14(13-8-3-5-10-17-13)19-23(21,22)16-12-18-15-9-4-6-11-20(15)16/h3-6,8-12,14,19H,2,7H2,1H3. The van der Waals surface area contributed by atoms with Crippen molar-refractivity contribution in [2.45, 2.75) is 30.8 Å². The van der Waals surface area contributed by atoms with Crippen LogP contribution in [0.2, 0.25) is 0 Å². The number of rotatable bonds is 6. The summed E-state index contributed by atoms with van der Waals surface area (Å²) in [6.07, 6.45) is 6.25. The molecule has 0 aliphatic heterocycles. The molecule has 23 heavy (non-hydrogen) atoms. The van der Waals surface area contributed by atoms with Gasteiger partial charge in [0.15, 0.2) is 5.03 Å². The van der Waals surface area contributed by atoms with Crippen molar-refractivity contribution in [1.82, 2.24) is 19.1 Å². The van der Waals surface area contributed by atoms with E-state index < -0.39 is 10.0 Å². The minimum atomic E-state index is -3.70. The van der Waals surface area contributed by atoms with Crippen molar-refractivity contribution in [3.63, 3.8) is 0 Å². The highest BCUT2D eigenvalue weighted by Crippen LogP contribution is 2.20. The van der Waals surface area contributed by atoms with E-state index in [4.69, 9.17) is 0 Å². The van der Waals surface area contributed by atoms with Crippen LogP contribution in [-0.2, 0) is 10.0 Å². The highest BCUT2D eigenvalue weighted by Gasteiger charge is 2.24. The van der Waals surface area contributed by atoms with Gasteiger partial charge in [-0.1, -0.05) is 25.5 Å². The average Bonchev–Trinajstić information content (AvgIpc) is 3.00. The second-order valence-corrected chi connectivity index (χ2v) is 6.90. The van der Waals surface area contributed by atoms with Gasteiger partial charge in [-0.15, -0.1) is 0 Å². The molecule has 1 unspecified atom stereocenters. The molecular weight excluding hydrogens is 312 g/mol. The predicted molar refractivity (Wildman–Crippen MR) is 87.4 cm³/mol. The maximum atomic E-state index is 12.8. The predicted octanol–water partition coefficient (Wildman–Crippen LogP) is 2.55. The molecule has 1 N–H and O–H groups in total. The second-order valence-electron chi connectivity index (χ2n) is 5.24. The molecule has 120 valence electrons. The number of hydrogen-bond donors (Lipinski definition) is 1. The van der Waals surface area contributed by atoms with E-state index in [0.29, 0.717) is 17.8 Å². The van der Waals surface area contributed by atoms with Gasteiger partial charge in [0.2, 0.25) is 0 Å². The van der Waals surface area contributed by atoms with E-state index >= 15 is 0 Å². The van der Waals surface area contributed by atoms with Crippen molar-refractivity contribution < 1.29 is 8.42 Å². The number of imidazole rings is 1. The highest BCUT2D eigenvalue weighted by atomic mass is 32.2. The zero-order valence-electron chi connectivity index (χ0n) is 12.8. The van der Waals surface area contributed by atoms with Gasteiger partial charge in [0.1, 0.15) is 5.65 Å². The zero-order chi connectivity index (χ0) is 16.3. The molecule has 7 heteroatoms. The lowest BCUT2D eigenvalue weighted by molar-refractivity contribution is 0.526. The number of fused-ring (bicyclic) bond motifs is 1. The number of nitrogens with one attached hydrogen (secondary N) is 1. The number of nitrogens with zero attached hydrogens (tertiary/aromatic N) is 3. The maximum Gasteiger partial charge on any atom is 0.258 e. The van der Waals surface area contributed by atoms with E-state index in [-0.39, 0.29) is 11.1 Å². The second kappa shape index (κ2) is 6.47. The van der Waals surface area contributed by atoms with E-state index in [9.17, 15) is 8.42 Å². The third-order valence-electron chi connectivity index (χ3n) is 3.58. The fourth-order valence-electron chi connectivity index (χ4n) is 2.49. The van der Waals surface area contributed by atoms with Crippen molar-refractivity contribution in [3.05, 3.63) is 60.7 Å². The van der Waals surface area contributed by atoms with E-state index in [1.165, 1.54) is 6.20 Å². The van der Waals surface area contributed by atoms with Gasteiger partial charge in [-0.05, 0) is 30.7 Å². The summed E-state index contributed by atoms with van der Waals surface area (Å²) in [6.45, 7) is 2.01. The first kappa shape index (κ1) is 15.6. The minimum Gasteiger partial charge on any atom is -0.289 e. The van der Waals surface area contributed by atoms with Crippen LogP contribution in [0.1, 0.15) is 31.5 Å². The Labute approximate surface area is 135 Å². The molecule has 0 radical (unpaired) electrons. The number of hydrogen-bond acceptors (Lipinski definition) is 4. The Morgan fingerprint density at radius 1 is 1.17 bits per heavy atom. The quantitative estimate of drug-likeness (QED) is 0.753. The summed E-state index contributed by atoms with van der Waals surface area (Å²) in [5.41, 5.74) is 1.31. The molecule has 0 saturated carbocycles. The number of sulfonamides is 1. The smallest absolute Gasteiger partial charge is 0.258 e. The monoisotopic (exact) mass is 330 g/mol. The lowest BCUT2D eigenvalue weighted by Crippen LogP contribution is -2.30. The van der Waals surface area contributed by atoms with Crippen LogP contribution in [0.25, 0.3) is 5.65 Å². The molecule has 0 aliphatic rings. The summed E-state index contributed by atoms with van der Waals surface area (Å²) in [5, 5.41) is 0.130. The third kappa shape index (κ3) is 3.25. The van der Waals surface area contributed by atoms with Crippen LogP contribution < -0.4 is 4.72 Å². The lowest BCUT2D eigenvalue weighted by Gasteiger charge is -2.17. The van der Waals surface area contributed by atoms with Crippen LogP contribution in [0.3, 0.4) is 0 Å². The van der Waals surface area contributed by atoms with Crippen LogP contribution in [0.5, 0.6) is 0 Å². The average molecular weight is 330 g/mol. The summed E-state index contributed by atoms with van der Waals surface area (Å²) < 4.78 is 29.8. The largest absolute Gasteiger partial charge is 0.289 e. The van der Waals surface area contributed by atoms with Gasteiger partial charge in [-0.3, -0.25) is 9.38 Å². The van der Waals surface area contributed by atoms with Gasteiger partial charge in [-0.2, -0.15) is 0 Å². The summed E-state index contributed by atoms with van der Waals surface area (Å²) in [6, 6.07) is 10.5. The van der Waals surface area contributed by atoms with Crippen LogP contribution in [-0.4, -0.2) is 22.8 Å². The van der Waals surface area contributed by atoms with Crippen molar-refractivity contribution in [3.8, 4) is 0 Å². The van der Waals surface area contributed by atoms with Crippen LogP contribution in [0, 0.1) is 0 Å². The van der Waals surface area contributed by atoms with Crippen molar-refractivity contribution in [2.24, 2.45) is 0 Å². The third-order valence-corrected chi connectivity index (χ3v) is 5.03. The molecule has 1 atom stereocenters. The Hall–Kier alpha value is -2.25. The summed E-state index contributed by atoms with van der Waals surface area (Å²) >= 11 is 0. The van der Waals surface area contributed by atoms with Crippen molar-refractivity contribution >= 4 is 15.7 Å². The van der Waals surface area contributed by atoms with E-state index in [1.54, 1.807) is 28.9 Å². The molecular formula is C16H18N4O2S. The molecule has 0 spiro atoms. The van der Waals surface area contributed by atoms with Gasteiger partial charge in [0, 0.05) is 12.4 Å². The van der Waals surface area contributed by atoms with Gasteiger partial charge in [0.05, 0.1) is 17.9 Å². The molecule has 3 rings (SSSR count). The molecule has 0 aliphatic carbocycles. The zero-order valence-corrected chi connectivity index (χ0v) is 13.6. The fourth-order valence-corrected chi connectivity index (χ4v) is 3.83. The number of pyridine rings is 2. The molecule has 0 aromatic carbocycles. The first-order valence-electron chi connectivity index (χ1n) is 7.47. The van der Waals surface area contributed by atoms with E-state index in [1.807, 2.05) is 31.2 Å². The van der Waals surface area contributed by atoms with Gasteiger partial charge in [0.25, 0.3) is 10.0 Å². The number of aromatic nitrogens is 3. The minimum absolute atomic E-state index is 0.130. The van der Waals surface area contributed by atoms with Crippen molar-refractivity contribution in [1.29, 1.82) is 0 Å². The molecule has 3 aromatic rings. The summed E-state index contributed by atoms with van der Waals surface area (Å²) in [4.78, 5) is 8.42. The van der Waals surface area contributed by atoms with Crippen LogP contribution in [0.4, 0.5) is 0 Å². The fraction of sp³-hybridized carbons (Fsp3) is 0.250. The highest BCUT2D eigenvalue weighted by molar-refractivity contribution is 7.89. The Balaban J connectivity index is 1.95. The van der Waals surface area contributed by atoms with Gasteiger partial charge < -0.3 is 0 Å². The molecule has 3 heterocycles. The Morgan fingerprint density at radius 3 is 2.74 bits per heavy atom. The molecule has 0 bridgehead atoms. The van der Waals surface area contributed by atoms with E-state index in [0.717, 1.165) is 6.42 Å². The maximum absolute atomic E-state index is 12.8. The lowest BCUT2D eigenvalue weighted by atomic mass is 10.1.